The summed E-state index contributed by atoms with van der Waals surface area (Å²) in [6, 6.07) is 8.26. The van der Waals surface area contributed by atoms with Crippen LogP contribution in [-0.4, -0.2) is 38.6 Å². The maximum Gasteiger partial charge on any atom is 0.279 e. The fourth-order valence-corrected chi connectivity index (χ4v) is 4.60. The molecule has 4 nitrogen and oxygen atoms in total. The van der Waals surface area contributed by atoms with Gasteiger partial charge < -0.3 is 15.1 Å². The van der Waals surface area contributed by atoms with E-state index in [9.17, 15) is 4.79 Å². The van der Waals surface area contributed by atoms with E-state index in [1.807, 2.05) is 37.3 Å². The number of aryl methyl sites for hydroxylation is 2. The number of rotatable bonds is 5. The van der Waals surface area contributed by atoms with Crippen molar-refractivity contribution in [1.29, 1.82) is 0 Å². The predicted octanol–water partition coefficient (Wildman–Crippen LogP) is 0.940. The number of piperazine rings is 1. The number of carbonyl (C=O) groups is 1. The lowest BCUT2D eigenvalue weighted by Gasteiger charge is -2.29. The van der Waals surface area contributed by atoms with E-state index < -0.39 is 0 Å². The Balaban J connectivity index is 1.48. The van der Waals surface area contributed by atoms with Gasteiger partial charge in [-0.15, -0.1) is 11.3 Å². The minimum atomic E-state index is 0.0468. The molecule has 0 aliphatic carbocycles. The van der Waals surface area contributed by atoms with E-state index >= 15 is 0 Å². The second-order valence-electron chi connectivity index (χ2n) is 6.92. The smallest absolute Gasteiger partial charge is 0.279 e. The van der Waals surface area contributed by atoms with Crippen molar-refractivity contribution in [2.45, 2.75) is 20.4 Å². The minimum Gasteiger partial charge on any atom is -0.321 e. The Morgan fingerprint density at radius 3 is 2.56 bits per heavy atom. The van der Waals surface area contributed by atoms with Crippen molar-refractivity contribution >= 4 is 34.5 Å². The summed E-state index contributed by atoms with van der Waals surface area (Å²) in [7, 11) is 0. The Labute approximate surface area is 158 Å². The summed E-state index contributed by atoms with van der Waals surface area (Å²) in [6.07, 6.45) is 0. The summed E-state index contributed by atoms with van der Waals surface area (Å²) < 4.78 is 0. The first-order valence-corrected chi connectivity index (χ1v) is 10.0. The van der Waals surface area contributed by atoms with Crippen LogP contribution in [0.15, 0.2) is 29.6 Å². The molecule has 1 fully saturated rings. The quantitative estimate of drug-likeness (QED) is 0.710. The van der Waals surface area contributed by atoms with Gasteiger partial charge in [0.2, 0.25) is 0 Å². The highest BCUT2D eigenvalue weighted by atomic mass is 35.5. The van der Waals surface area contributed by atoms with Crippen LogP contribution in [0, 0.1) is 13.8 Å². The number of quaternary nitrogens is 2. The number of anilines is 1. The number of hydrogen-bond donors (Lipinski definition) is 3. The number of amides is 1. The zero-order valence-corrected chi connectivity index (χ0v) is 16.4. The van der Waals surface area contributed by atoms with Crippen LogP contribution in [0.5, 0.6) is 0 Å². The molecular formula is C19H26ClN3OS+2. The zero-order valence-electron chi connectivity index (χ0n) is 14.8. The first-order chi connectivity index (χ1) is 12.0. The zero-order chi connectivity index (χ0) is 17.8. The van der Waals surface area contributed by atoms with Gasteiger partial charge in [-0.3, -0.25) is 4.79 Å². The van der Waals surface area contributed by atoms with Crippen LogP contribution in [0.1, 0.15) is 16.0 Å². The molecule has 1 aliphatic heterocycles. The highest BCUT2D eigenvalue weighted by molar-refractivity contribution is 7.09. The molecule has 0 atom stereocenters. The lowest BCUT2D eigenvalue weighted by atomic mass is 10.1. The monoisotopic (exact) mass is 379 g/mol. The van der Waals surface area contributed by atoms with Crippen LogP contribution in [0.25, 0.3) is 0 Å². The van der Waals surface area contributed by atoms with Gasteiger partial charge >= 0.3 is 0 Å². The maximum atomic E-state index is 12.4. The molecule has 1 aliphatic rings. The first kappa shape index (κ1) is 18.4. The molecule has 3 rings (SSSR count). The number of carbonyl (C=O) groups excluding carboxylic acids is 1. The normalized spacial score (nSPS) is 20.4. The second-order valence-corrected chi connectivity index (χ2v) is 8.36. The molecule has 1 aromatic heterocycles. The van der Waals surface area contributed by atoms with Crippen molar-refractivity contribution in [2.75, 3.05) is 38.0 Å². The average molecular weight is 380 g/mol. The second kappa shape index (κ2) is 8.32. The van der Waals surface area contributed by atoms with E-state index in [1.54, 1.807) is 4.90 Å². The van der Waals surface area contributed by atoms with Gasteiger partial charge in [-0.1, -0.05) is 23.7 Å². The molecule has 6 heteroatoms. The van der Waals surface area contributed by atoms with E-state index in [2.05, 4.69) is 22.8 Å². The summed E-state index contributed by atoms with van der Waals surface area (Å²) in [5, 5.41) is 5.76. The SMILES string of the molecule is Cc1cc(C)c(NC(=O)C[NH+]2CC[NH+](Cc3cccs3)CC2)c(Cl)c1. The summed E-state index contributed by atoms with van der Waals surface area (Å²) in [4.78, 5) is 16.8. The highest BCUT2D eigenvalue weighted by Gasteiger charge is 2.25. The molecule has 1 amide bonds. The predicted molar refractivity (Wildman–Crippen MR) is 104 cm³/mol. The molecule has 0 spiro atoms. The van der Waals surface area contributed by atoms with Crippen molar-refractivity contribution in [1.82, 2.24) is 0 Å². The minimum absolute atomic E-state index is 0.0468. The van der Waals surface area contributed by atoms with Gasteiger partial charge in [0.15, 0.2) is 6.54 Å². The Hall–Kier alpha value is -1.40. The fraction of sp³-hybridized carbons (Fsp3) is 0.421. The molecule has 2 heterocycles. The van der Waals surface area contributed by atoms with Gasteiger partial charge in [-0.05, 0) is 42.5 Å². The first-order valence-electron chi connectivity index (χ1n) is 8.77. The third-order valence-electron chi connectivity index (χ3n) is 4.78. The molecule has 0 saturated carbocycles. The van der Waals surface area contributed by atoms with Crippen LogP contribution in [0.3, 0.4) is 0 Å². The number of halogens is 1. The van der Waals surface area contributed by atoms with E-state index in [0.717, 1.165) is 49.5 Å². The topological polar surface area (TPSA) is 38.0 Å². The fourth-order valence-electron chi connectivity index (χ4n) is 3.45. The Bertz CT molecular complexity index is 701. The van der Waals surface area contributed by atoms with Crippen LogP contribution in [0.2, 0.25) is 5.02 Å². The Kier molecular flexibility index (Phi) is 6.12. The van der Waals surface area contributed by atoms with E-state index in [0.29, 0.717) is 11.6 Å². The summed E-state index contributed by atoms with van der Waals surface area (Å²) in [6.45, 7) is 9.91. The number of benzene rings is 1. The molecule has 0 bridgehead atoms. The van der Waals surface area contributed by atoms with Gasteiger partial charge in [0.1, 0.15) is 32.7 Å². The van der Waals surface area contributed by atoms with Gasteiger partial charge in [-0.2, -0.15) is 0 Å². The highest BCUT2D eigenvalue weighted by Crippen LogP contribution is 2.27. The van der Waals surface area contributed by atoms with E-state index in [4.69, 9.17) is 11.6 Å². The van der Waals surface area contributed by atoms with Crippen LogP contribution in [-0.2, 0) is 11.3 Å². The van der Waals surface area contributed by atoms with E-state index in [1.165, 1.54) is 9.78 Å². The molecule has 1 saturated heterocycles. The van der Waals surface area contributed by atoms with Crippen molar-refractivity contribution in [3.8, 4) is 0 Å². The van der Waals surface area contributed by atoms with Crippen molar-refractivity contribution in [3.63, 3.8) is 0 Å². The lowest BCUT2D eigenvalue weighted by Crippen LogP contribution is -3.28. The van der Waals surface area contributed by atoms with Gasteiger partial charge in [-0.25, -0.2) is 0 Å². The van der Waals surface area contributed by atoms with Crippen molar-refractivity contribution in [3.05, 3.63) is 50.7 Å². The summed E-state index contributed by atoms with van der Waals surface area (Å²) >= 11 is 8.11. The van der Waals surface area contributed by atoms with Crippen LogP contribution >= 0.6 is 22.9 Å². The maximum absolute atomic E-state index is 12.4. The Morgan fingerprint density at radius 2 is 1.92 bits per heavy atom. The van der Waals surface area contributed by atoms with Crippen molar-refractivity contribution < 1.29 is 14.6 Å². The van der Waals surface area contributed by atoms with E-state index in [-0.39, 0.29) is 5.91 Å². The lowest BCUT2D eigenvalue weighted by molar-refractivity contribution is -1.01. The summed E-state index contributed by atoms with van der Waals surface area (Å²) in [5.74, 6) is 0.0468. The summed E-state index contributed by atoms with van der Waals surface area (Å²) in [5.41, 5.74) is 2.87. The molecule has 134 valence electrons. The third-order valence-corrected chi connectivity index (χ3v) is 5.95. The standard InChI is InChI=1S/C19H24ClN3OS/c1-14-10-15(2)19(17(20)11-14)21-18(24)13-23-7-5-22(6-8-23)12-16-4-3-9-25-16/h3-4,9-11H,5-8,12-13H2,1-2H3,(H,21,24)/p+2. The molecule has 3 N–H and O–H groups in total. The molecule has 25 heavy (non-hydrogen) atoms. The molecule has 1 aromatic carbocycles. The van der Waals surface area contributed by atoms with Gasteiger partial charge in [0.25, 0.3) is 5.91 Å². The molecule has 0 unspecified atom stereocenters. The molecule has 0 radical (unpaired) electrons. The van der Waals surface area contributed by atoms with Crippen LogP contribution < -0.4 is 15.1 Å². The van der Waals surface area contributed by atoms with Gasteiger partial charge in [0, 0.05) is 0 Å². The number of nitrogens with one attached hydrogen (secondary N) is 3. The Morgan fingerprint density at radius 1 is 1.20 bits per heavy atom. The number of hydrogen-bond acceptors (Lipinski definition) is 2. The van der Waals surface area contributed by atoms with Crippen LogP contribution in [0.4, 0.5) is 5.69 Å². The number of thiophene rings is 1. The molecule has 2 aromatic rings. The third kappa shape index (κ3) is 5.05. The largest absolute Gasteiger partial charge is 0.321 e. The van der Waals surface area contributed by atoms with Gasteiger partial charge in [0.05, 0.1) is 15.6 Å². The van der Waals surface area contributed by atoms with Crippen molar-refractivity contribution in [2.24, 2.45) is 0 Å². The average Bonchev–Trinajstić information content (AvgIpc) is 3.06. The molecular weight excluding hydrogens is 354 g/mol.